The van der Waals surface area contributed by atoms with Gasteiger partial charge >= 0.3 is 0 Å². The van der Waals surface area contributed by atoms with Gasteiger partial charge in [0.1, 0.15) is 11.4 Å². The second kappa shape index (κ2) is 11.4. The first kappa shape index (κ1) is 26.2. The Labute approximate surface area is 214 Å². The van der Waals surface area contributed by atoms with Gasteiger partial charge in [0.05, 0.1) is 17.8 Å². The average molecular weight is 495 g/mol. The first-order valence-corrected chi connectivity index (χ1v) is 13.4. The summed E-state index contributed by atoms with van der Waals surface area (Å²) in [5.41, 5.74) is 3.16. The maximum atomic E-state index is 14.5. The summed E-state index contributed by atoms with van der Waals surface area (Å²) in [5.74, 6) is -0.174. The van der Waals surface area contributed by atoms with E-state index in [-0.39, 0.29) is 18.1 Å². The molecule has 2 saturated carbocycles. The van der Waals surface area contributed by atoms with Crippen LogP contribution in [0.5, 0.6) is 0 Å². The van der Waals surface area contributed by atoms with Crippen LogP contribution in [0.2, 0.25) is 0 Å². The third kappa shape index (κ3) is 5.91. The van der Waals surface area contributed by atoms with E-state index in [1.54, 1.807) is 6.07 Å². The minimum absolute atomic E-state index is 0.0423. The third-order valence-electron chi connectivity index (χ3n) is 7.68. The van der Waals surface area contributed by atoms with Gasteiger partial charge in [-0.2, -0.15) is 0 Å². The van der Waals surface area contributed by atoms with E-state index in [9.17, 15) is 14.0 Å². The van der Waals surface area contributed by atoms with Gasteiger partial charge < -0.3 is 15.0 Å². The highest BCUT2D eigenvalue weighted by Crippen LogP contribution is 2.46. The standard InChI is InChI=1S/C30H39FN2O3/c1-21(2)19-33(25-8-5-4-6-9-25)28-13-12-24(30(36-20-34)14-7-15-30)18-27(28)32-29(35)17-23-11-10-22(3)16-26(23)31/h10-13,16,18,20-21,25H,4-9,14-15,17,19H2,1-3H3,(H,32,35). The number of amides is 1. The molecule has 36 heavy (non-hydrogen) atoms. The lowest BCUT2D eigenvalue weighted by Crippen LogP contribution is -2.40. The fraction of sp³-hybridized carbons (Fsp3) is 0.533. The Morgan fingerprint density at radius 3 is 2.50 bits per heavy atom. The largest absolute Gasteiger partial charge is 0.456 e. The molecule has 2 aromatic rings. The molecule has 1 amide bonds. The van der Waals surface area contributed by atoms with Crippen molar-refractivity contribution in [1.82, 2.24) is 0 Å². The Morgan fingerprint density at radius 1 is 1.14 bits per heavy atom. The van der Waals surface area contributed by atoms with E-state index in [1.807, 2.05) is 25.1 Å². The lowest BCUT2D eigenvalue weighted by atomic mass is 9.74. The molecule has 5 nitrogen and oxygen atoms in total. The quantitative estimate of drug-likeness (QED) is 0.375. The second-order valence-electron chi connectivity index (χ2n) is 11.0. The molecule has 2 aliphatic carbocycles. The van der Waals surface area contributed by atoms with Crippen LogP contribution in [0, 0.1) is 18.7 Å². The van der Waals surface area contributed by atoms with Gasteiger partial charge in [0.25, 0.3) is 6.47 Å². The van der Waals surface area contributed by atoms with E-state index in [4.69, 9.17) is 4.74 Å². The summed E-state index contributed by atoms with van der Waals surface area (Å²) in [6.07, 6.45) is 8.44. The van der Waals surface area contributed by atoms with Crippen LogP contribution >= 0.6 is 0 Å². The predicted molar refractivity (Wildman–Crippen MR) is 142 cm³/mol. The zero-order valence-electron chi connectivity index (χ0n) is 21.8. The number of rotatable bonds is 10. The molecule has 2 aliphatic rings. The second-order valence-corrected chi connectivity index (χ2v) is 11.0. The molecule has 0 heterocycles. The number of carbonyl (C=O) groups excluding carboxylic acids is 2. The fourth-order valence-corrected chi connectivity index (χ4v) is 5.63. The zero-order valence-corrected chi connectivity index (χ0v) is 21.8. The lowest BCUT2D eigenvalue weighted by Gasteiger charge is -2.42. The molecule has 1 N–H and O–H groups in total. The SMILES string of the molecule is Cc1ccc(CC(=O)Nc2cc(C3(OC=O)CCC3)ccc2N(CC(C)C)C2CCCCC2)c(F)c1. The number of nitrogens with one attached hydrogen (secondary N) is 1. The Morgan fingerprint density at radius 2 is 1.89 bits per heavy atom. The monoisotopic (exact) mass is 494 g/mol. The molecule has 2 aromatic carbocycles. The lowest BCUT2D eigenvalue weighted by molar-refractivity contribution is -0.155. The van der Waals surface area contributed by atoms with Crippen molar-refractivity contribution >= 4 is 23.8 Å². The first-order chi connectivity index (χ1) is 17.3. The summed E-state index contributed by atoms with van der Waals surface area (Å²) in [6.45, 7) is 7.67. The zero-order chi connectivity index (χ0) is 25.7. The number of benzene rings is 2. The van der Waals surface area contributed by atoms with Crippen molar-refractivity contribution in [2.45, 2.75) is 90.2 Å². The highest BCUT2D eigenvalue weighted by Gasteiger charge is 2.41. The van der Waals surface area contributed by atoms with Gasteiger partial charge in [0, 0.05) is 12.6 Å². The molecular weight excluding hydrogens is 455 g/mol. The third-order valence-corrected chi connectivity index (χ3v) is 7.68. The fourth-order valence-electron chi connectivity index (χ4n) is 5.63. The molecule has 0 saturated heterocycles. The Hall–Kier alpha value is -2.89. The Bertz CT molecular complexity index is 1070. The number of aryl methyl sites for hydroxylation is 1. The maximum Gasteiger partial charge on any atom is 0.293 e. The Kier molecular flexibility index (Phi) is 8.32. The van der Waals surface area contributed by atoms with E-state index in [1.165, 1.54) is 25.3 Å². The van der Waals surface area contributed by atoms with Gasteiger partial charge in [-0.1, -0.05) is 51.3 Å². The van der Waals surface area contributed by atoms with Crippen molar-refractivity contribution in [1.29, 1.82) is 0 Å². The molecule has 0 bridgehead atoms. The van der Waals surface area contributed by atoms with Crippen molar-refractivity contribution in [2.75, 3.05) is 16.8 Å². The summed E-state index contributed by atoms with van der Waals surface area (Å²) in [4.78, 5) is 26.9. The highest BCUT2D eigenvalue weighted by molar-refractivity contribution is 5.96. The molecular formula is C30H39FN2O3. The van der Waals surface area contributed by atoms with Gasteiger partial charge in [0.15, 0.2) is 0 Å². The molecule has 0 aliphatic heterocycles. The number of ether oxygens (including phenoxy) is 1. The minimum atomic E-state index is -0.628. The summed E-state index contributed by atoms with van der Waals surface area (Å²) in [5, 5.41) is 3.11. The molecule has 0 radical (unpaired) electrons. The number of hydrogen-bond acceptors (Lipinski definition) is 4. The number of hydrogen-bond donors (Lipinski definition) is 1. The van der Waals surface area contributed by atoms with Crippen LogP contribution in [-0.2, 0) is 26.3 Å². The molecule has 4 rings (SSSR count). The highest BCUT2D eigenvalue weighted by atomic mass is 19.1. The van der Waals surface area contributed by atoms with Crippen molar-refractivity contribution in [3.05, 3.63) is 58.9 Å². The summed E-state index contributed by atoms with van der Waals surface area (Å²) < 4.78 is 20.0. The van der Waals surface area contributed by atoms with Gasteiger partial charge in [-0.3, -0.25) is 9.59 Å². The minimum Gasteiger partial charge on any atom is -0.456 e. The normalized spacial score (nSPS) is 17.4. The summed E-state index contributed by atoms with van der Waals surface area (Å²) in [6, 6.07) is 11.5. The van der Waals surface area contributed by atoms with Gasteiger partial charge in [0.2, 0.25) is 5.91 Å². The van der Waals surface area contributed by atoms with Gasteiger partial charge in [-0.15, -0.1) is 0 Å². The summed E-state index contributed by atoms with van der Waals surface area (Å²) >= 11 is 0. The van der Waals surface area contributed by atoms with Crippen LogP contribution in [0.15, 0.2) is 36.4 Å². The number of nitrogens with zero attached hydrogens (tertiary/aromatic N) is 1. The smallest absolute Gasteiger partial charge is 0.293 e. The van der Waals surface area contributed by atoms with Crippen LogP contribution in [0.3, 0.4) is 0 Å². The first-order valence-electron chi connectivity index (χ1n) is 13.4. The number of carbonyl (C=O) groups is 2. The van der Waals surface area contributed by atoms with Crippen LogP contribution < -0.4 is 10.2 Å². The van der Waals surface area contributed by atoms with Crippen molar-refractivity contribution < 1.29 is 18.7 Å². The Balaban J connectivity index is 1.69. The van der Waals surface area contributed by atoms with E-state index < -0.39 is 5.60 Å². The molecule has 0 spiro atoms. The molecule has 0 atom stereocenters. The molecule has 0 unspecified atom stereocenters. The predicted octanol–water partition coefficient (Wildman–Crippen LogP) is 6.66. The van der Waals surface area contributed by atoms with Gasteiger partial charge in [-0.25, -0.2) is 4.39 Å². The van der Waals surface area contributed by atoms with E-state index in [0.29, 0.717) is 29.7 Å². The molecule has 194 valence electrons. The molecule has 0 aromatic heterocycles. The van der Waals surface area contributed by atoms with Gasteiger partial charge in [-0.05, 0) is 79.8 Å². The van der Waals surface area contributed by atoms with E-state index >= 15 is 0 Å². The van der Waals surface area contributed by atoms with Crippen LogP contribution in [0.25, 0.3) is 0 Å². The topological polar surface area (TPSA) is 58.6 Å². The van der Waals surface area contributed by atoms with Crippen LogP contribution in [0.1, 0.15) is 81.9 Å². The van der Waals surface area contributed by atoms with Crippen LogP contribution in [0.4, 0.5) is 15.8 Å². The van der Waals surface area contributed by atoms with Crippen molar-refractivity contribution in [3.63, 3.8) is 0 Å². The number of halogens is 1. The van der Waals surface area contributed by atoms with E-state index in [0.717, 1.165) is 55.5 Å². The van der Waals surface area contributed by atoms with Crippen molar-refractivity contribution in [2.24, 2.45) is 5.92 Å². The van der Waals surface area contributed by atoms with E-state index in [2.05, 4.69) is 30.1 Å². The van der Waals surface area contributed by atoms with Crippen LogP contribution in [-0.4, -0.2) is 25.0 Å². The summed E-state index contributed by atoms with van der Waals surface area (Å²) in [7, 11) is 0. The maximum absolute atomic E-state index is 14.5. The average Bonchev–Trinajstić information content (AvgIpc) is 2.82. The van der Waals surface area contributed by atoms with Crippen molar-refractivity contribution in [3.8, 4) is 0 Å². The molecule has 2 fully saturated rings. The molecule has 6 heteroatoms. The number of anilines is 2.